The van der Waals surface area contributed by atoms with E-state index in [0.717, 1.165) is 0 Å². The lowest BCUT2D eigenvalue weighted by Crippen LogP contribution is -1.89. The van der Waals surface area contributed by atoms with Gasteiger partial charge < -0.3 is 0 Å². The maximum Gasteiger partial charge on any atom is 0.0307 e. The molecule has 1 unspecified atom stereocenters. The molecule has 0 saturated heterocycles. The molecule has 0 bridgehead atoms. The Morgan fingerprint density at radius 2 is 1.62 bits per heavy atom. The molecule has 13 heavy (non-hydrogen) atoms. The van der Waals surface area contributed by atoms with Crippen molar-refractivity contribution in [3.05, 3.63) is 12.7 Å². The molecule has 0 nitrogen and oxygen atoms in total. The summed E-state index contributed by atoms with van der Waals surface area (Å²) in [4.78, 5) is 0. The Kier molecular flexibility index (Phi) is 10.1. The van der Waals surface area contributed by atoms with Gasteiger partial charge in [-0.15, -0.1) is 18.2 Å². The third-order valence-corrected chi connectivity index (χ3v) is 2.48. The minimum absolute atomic E-state index is 0.362. The molecule has 0 aliphatic heterocycles. The van der Waals surface area contributed by atoms with Gasteiger partial charge in [-0.2, -0.15) is 0 Å². The minimum atomic E-state index is 0.362. The largest absolute Gasteiger partial charge is 0.123 e. The van der Waals surface area contributed by atoms with Gasteiger partial charge in [0.05, 0.1) is 0 Å². The predicted molar refractivity (Wildman–Crippen MR) is 62.4 cm³/mol. The van der Waals surface area contributed by atoms with Crippen LogP contribution in [0.15, 0.2) is 12.7 Å². The second-order valence-corrected chi connectivity index (χ2v) is 4.51. The van der Waals surface area contributed by atoms with Crippen molar-refractivity contribution in [3.8, 4) is 0 Å². The summed E-state index contributed by atoms with van der Waals surface area (Å²) in [7, 11) is 0. The zero-order valence-electron chi connectivity index (χ0n) is 8.90. The van der Waals surface area contributed by atoms with E-state index in [9.17, 15) is 0 Å². The Labute approximate surface area is 88.4 Å². The van der Waals surface area contributed by atoms with E-state index in [4.69, 9.17) is 11.6 Å². The van der Waals surface area contributed by atoms with Crippen LogP contribution in [0.1, 0.15) is 58.3 Å². The molecule has 0 saturated carbocycles. The minimum Gasteiger partial charge on any atom is -0.123 e. The molecule has 0 rings (SSSR count). The van der Waals surface area contributed by atoms with Crippen molar-refractivity contribution in [3.63, 3.8) is 0 Å². The monoisotopic (exact) mass is 202 g/mol. The highest BCUT2D eigenvalue weighted by Crippen LogP contribution is 2.11. The molecule has 78 valence electrons. The third kappa shape index (κ3) is 12.0. The van der Waals surface area contributed by atoms with Gasteiger partial charge in [0.2, 0.25) is 0 Å². The molecular formula is C12H23Cl. The lowest BCUT2D eigenvalue weighted by Gasteiger charge is -2.02. The fraction of sp³-hybridized carbons (Fsp3) is 0.833. The summed E-state index contributed by atoms with van der Waals surface area (Å²) in [5.41, 5.74) is 0. The molecule has 1 atom stereocenters. The average Bonchev–Trinajstić information content (AvgIpc) is 2.09. The van der Waals surface area contributed by atoms with Gasteiger partial charge in [-0.05, 0) is 26.2 Å². The van der Waals surface area contributed by atoms with Crippen LogP contribution in [-0.2, 0) is 0 Å². The first-order chi connectivity index (χ1) is 6.27. The molecule has 0 aromatic carbocycles. The first-order valence-electron chi connectivity index (χ1n) is 5.52. The van der Waals surface area contributed by atoms with Crippen molar-refractivity contribution < 1.29 is 0 Å². The maximum absolute atomic E-state index is 5.85. The van der Waals surface area contributed by atoms with Crippen molar-refractivity contribution in [1.82, 2.24) is 0 Å². The number of allylic oxidation sites excluding steroid dienone is 1. The van der Waals surface area contributed by atoms with Gasteiger partial charge in [0.25, 0.3) is 0 Å². The van der Waals surface area contributed by atoms with E-state index in [1.165, 1.54) is 51.4 Å². The van der Waals surface area contributed by atoms with Crippen LogP contribution in [0, 0.1) is 0 Å². The molecule has 0 aliphatic carbocycles. The van der Waals surface area contributed by atoms with E-state index < -0.39 is 0 Å². The molecule has 0 N–H and O–H groups in total. The summed E-state index contributed by atoms with van der Waals surface area (Å²) >= 11 is 5.85. The summed E-state index contributed by atoms with van der Waals surface area (Å²) in [6.07, 6.45) is 12.4. The molecule has 0 aromatic rings. The number of unbranched alkanes of at least 4 members (excludes halogenated alkanes) is 6. The number of alkyl halides is 1. The fourth-order valence-electron chi connectivity index (χ4n) is 1.42. The fourth-order valence-corrected chi connectivity index (χ4v) is 1.58. The summed E-state index contributed by atoms with van der Waals surface area (Å²) < 4.78 is 0. The average molecular weight is 203 g/mol. The zero-order valence-corrected chi connectivity index (χ0v) is 9.65. The summed E-state index contributed by atoms with van der Waals surface area (Å²) in [6.45, 7) is 5.79. The van der Waals surface area contributed by atoms with Crippen LogP contribution in [0.25, 0.3) is 0 Å². The lowest BCUT2D eigenvalue weighted by atomic mass is 10.1. The molecule has 0 aromatic heterocycles. The molecular weight excluding hydrogens is 180 g/mol. The van der Waals surface area contributed by atoms with Gasteiger partial charge in [-0.3, -0.25) is 0 Å². The summed E-state index contributed by atoms with van der Waals surface area (Å²) in [6, 6.07) is 0. The van der Waals surface area contributed by atoms with Gasteiger partial charge in [0, 0.05) is 5.38 Å². The first kappa shape index (κ1) is 13.0. The Morgan fingerprint density at radius 1 is 1.08 bits per heavy atom. The van der Waals surface area contributed by atoms with Gasteiger partial charge >= 0.3 is 0 Å². The van der Waals surface area contributed by atoms with E-state index in [0.29, 0.717) is 5.38 Å². The molecule has 0 spiro atoms. The van der Waals surface area contributed by atoms with E-state index in [-0.39, 0.29) is 0 Å². The number of hydrogen-bond acceptors (Lipinski definition) is 0. The van der Waals surface area contributed by atoms with Crippen molar-refractivity contribution in [1.29, 1.82) is 0 Å². The molecule has 0 fully saturated rings. The quantitative estimate of drug-likeness (QED) is 0.283. The van der Waals surface area contributed by atoms with Crippen LogP contribution < -0.4 is 0 Å². The van der Waals surface area contributed by atoms with Crippen molar-refractivity contribution in [2.75, 3.05) is 0 Å². The Balaban J connectivity index is 2.87. The van der Waals surface area contributed by atoms with Gasteiger partial charge in [-0.1, -0.05) is 38.2 Å². The highest BCUT2D eigenvalue weighted by atomic mass is 35.5. The van der Waals surface area contributed by atoms with Crippen molar-refractivity contribution >= 4 is 11.6 Å². The maximum atomic E-state index is 5.85. The SMILES string of the molecule is C=CCCCCCCCCC(C)Cl. The highest BCUT2D eigenvalue weighted by Gasteiger charge is 1.95. The van der Waals surface area contributed by atoms with E-state index in [2.05, 4.69) is 13.5 Å². The van der Waals surface area contributed by atoms with Crippen LogP contribution >= 0.6 is 11.6 Å². The first-order valence-corrected chi connectivity index (χ1v) is 5.96. The van der Waals surface area contributed by atoms with Gasteiger partial charge in [0.15, 0.2) is 0 Å². The molecule has 0 amide bonds. The van der Waals surface area contributed by atoms with Gasteiger partial charge in [0.1, 0.15) is 0 Å². The standard InChI is InChI=1S/C12H23Cl/c1-3-4-5-6-7-8-9-10-11-12(2)13/h3,12H,1,4-11H2,2H3. The smallest absolute Gasteiger partial charge is 0.0307 e. The normalized spacial score (nSPS) is 12.8. The second-order valence-electron chi connectivity index (χ2n) is 3.77. The Hall–Kier alpha value is 0.0300. The van der Waals surface area contributed by atoms with E-state index in [1.807, 2.05) is 6.08 Å². The Morgan fingerprint density at radius 3 is 2.15 bits per heavy atom. The number of halogens is 1. The number of hydrogen-bond donors (Lipinski definition) is 0. The van der Waals surface area contributed by atoms with Gasteiger partial charge in [-0.25, -0.2) is 0 Å². The molecule has 0 aliphatic rings. The predicted octanol–water partition coefficient (Wildman–Crippen LogP) is 4.92. The Bertz CT molecular complexity index is 108. The third-order valence-electron chi connectivity index (χ3n) is 2.26. The molecule has 0 heterocycles. The topological polar surface area (TPSA) is 0 Å². The van der Waals surface area contributed by atoms with E-state index >= 15 is 0 Å². The second kappa shape index (κ2) is 10.1. The van der Waals surface area contributed by atoms with Crippen LogP contribution in [0.4, 0.5) is 0 Å². The zero-order chi connectivity index (χ0) is 9.94. The summed E-state index contributed by atoms with van der Waals surface area (Å²) in [5, 5.41) is 0.362. The lowest BCUT2D eigenvalue weighted by molar-refractivity contribution is 0.579. The summed E-state index contributed by atoms with van der Waals surface area (Å²) in [5.74, 6) is 0. The van der Waals surface area contributed by atoms with Crippen molar-refractivity contribution in [2.24, 2.45) is 0 Å². The highest BCUT2D eigenvalue weighted by molar-refractivity contribution is 6.20. The van der Waals surface area contributed by atoms with Crippen LogP contribution in [0.5, 0.6) is 0 Å². The van der Waals surface area contributed by atoms with Crippen molar-refractivity contribution in [2.45, 2.75) is 63.7 Å². The molecule has 0 radical (unpaired) electrons. The van der Waals surface area contributed by atoms with Crippen LogP contribution in [0.3, 0.4) is 0 Å². The van der Waals surface area contributed by atoms with E-state index in [1.54, 1.807) is 0 Å². The van der Waals surface area contributed by atoms with Crippen LogP contribution in [-0.4, -0.2) is 5.38 Å². The molecule has 1 heteroatoms. The number of rotatable bonds is 9. The van der Waals surface area contributed by atoms with Crippen LogP contribution in [0.2, 0.25) is 0 Å².